The van der Waals surface area contributed by atoms with Crippen molar-refractivity contribution in [1.82, 2.24) is 0 Å². The molecule has 0 aromatic heterocycles. The second-order valence-electron chi connectivity index (χ2n) is 12.8. The number of allylic oxidation sites excluding steroid dienone is 4. The van der Waals surface area contributed by atoms with Crippen LogP contribution < -0.4 is 0 Å². The van der Waals surface area contributed by atoms with Crippen LogP contribution in [0.1, 0.15) is 102 Å². The van der Waals surface area contributed by atoms with Crippen molar-refractivity contribution in [1.29, 1.82) is 0 Å². The predicted octanol–water partition coefficient (Wildman–Crippen LogP) is 12.5. The van der Waals surface area contributed by atoms with Gasteiger partial charge in [0.2, 0.25) is 0 Å². The zero-order valence-electron chi connectivity index (χ0n) is 26.0. The molecule has 0 nitrogen and oxygen atoms in total. The molecule has 1 atom stereocenters. The quantitative estimate of drug-likeness (QED) is 0.155. The van der Waals surface area contributed by atoms with E-state index in [4.69, 9.17) is 0 Å². The van der Waals surface area contributed by atoms with Gasteiger partial charge in [-0.05, 0) is 116 Å². The van der Waals surface area contributed by atoms with Crippen LogP contribution in [-0.2, 0) is 6.42 Å². The zero-order chi connectivity index (χ0) is 30.2. The Balaban J connectivity index is 1.20. The number of hydrogen-bond acceptors (Lipinski definition) is 0. The minimum Gasteiger partial charge on any atom is -0.206 e. The highest BCUT2D eigenvalue weighted by Crippen LogP contribution is 2.42. The van der Waals surface area contributed by atoms with Crippen LogP contribution in [0, 0.1) is 35.2 Å². The Kier molecular flexibility index (Phi) is 11.0. The second kappa shape index (κ2) is 15.1. The van der Waals surface area contributed by atoms with Crippen molar-refractivity contribution in [2.24, 2.45) is 17.8 Å². The van der Waals surface area contributed by atoms with E-state index in [2.05, 4.69) is 32.1 Å². The molecule has 1 saturated carbocycles. The largest absolute Gasteiger partial charge is 0.206 e. The second-order valence-corrected chi connectivity index (χ2v) is 12.8. The molecule has 43 heavy (non-hydrogen) atoms. The van der Waals surface area contributed by atoms with Gasteiger partial charge in [-0.25, -0.2) is 13.2 Å². The van der Waals surface area contributed by atoms with E-state index < -0.39 is 11.6 Å². The maximum absolute atomic E-state index is 15.4. The van der Waals surface area contributed by atoms with Crippen molar-refractivity contribution in [3.63, 3.8) is 0 Å². The van der Waals surface area contributed by atoms with E-state index in [-0.39, 0.29) is 11.4 Å². The summed E-state index contributed by atoms with van der Waals surface area (Å²) in [6, 6.07) is 16.1. The molecule has 5 rings (SSSR count). The van der Waals surface area contributed by atoms with Crippen molar-refractivity contribution in [3.05, 3.63) is 101 Å². The molecule has 0 heterocycles. The summed E-state index contributed by atoms with van der Waals surface area (Å²) in [4.78, 5) is 0. The van der Waals surface area contributed by atoms with Crippen LogP contribution in [0.3, 0.4) is 0 Å². The fraction of sp³-hybridized carbons (Fsp3) is 0.450. The van der Waals surface area contributed by atoms with Crippen LogP contribution in [0.4, 0.5) is 13.2 Å². The third kappa shape index (κ3) is 7.72. The average molecular weight is 585 g/mol. The maximum atomic E-state index is 15.4. The fourth-order valence-electron chi connectivity index (χ4n) is 7.34. The molecule has 0 bridgehead atoms. The van der Waals surface area contributed by atoms with E-state index >= 15 is 4.39 Å². The Morgan fingerprint density at radius 2 is 1.47 bits per heavy atom. The number of hydrogen-bond donors (Lipinski definition) is 0. The first-order chi connectivity index (χ1) is 21.0. The van der Waals surface area contributed by atoms with Crippen LogP contribution in [0.25, 0.3) is 27.8 Å². The molecule has 228 valence electrons. The monoisotopic (exact) mass is 584 g/mol. The first-order valence-corrected chi connectivity index (χ1v) is 16.7. The number of halogens is 3. The summed E-state index contributed by atoms with van der Waals surface area (Å²) < 4.78 is 45.0. The minimum absolute atomic E-state index is 0.195. The molecule has 0 spiro atoms. The average Bonchev–Trinajstić information content (AvgIpc) is 3.04. The number of unbranched alkanes of at least 4 members (excludes halogenated alkanes) is 2. The first-order valence-electron chi connectivity index (χ1n) is 16.7. The smallest absolute Gasteiger partial charge is 0.166 e. The van der Waals surface area contributed by atoms with Gasteiger partial charge in [-0.15, -0.1) is 0 Å². The highest BCUT2D eigenvalue weighted by atomic mass is 19.2. The van der Waals surface area contributed by atoms with E-state index in [9.17, 15) is 8.78 Å². The number of rotatable bonds is 11. The highest BCUT2D eigenvalue weighted by Gasteiger charge is 2.29. The molecule has 3 heteroatoms. The summed E-state index contributed by atoms with van der Waals surface area (Å²) in [5.74, 6) is 0.701. The van der Waals surface area contributed by atoms with Gasteiger partial charge in [0.25, 0.3) is 0 Å². The lowest BCUT2D eigenvalue weighted by molar-refractivity contribution is 0.190. The van der Waals surface area contributed by atoms with E-state index in [0.29, 0.717) is 23.1 Å². The predicted molar refractivity (Wildman–Crippen MR) is 175 cm³/mol. The van der Waals surface area contributed by atoms with E-state index in [1.165, 1.54) is 38.5 Å². The molecule has 2 aliphatic rings. The summed E-state index contributed by atoms with van der Waals surface area (Å²) >= 11 is 0. The Morgan fingerprint density at radius 1 is 0.744 bits per heavy atom. The van der Waals surface area contributed by atoms with Crippen LogP contribution in [-0.4, -0.2) is 0 Å². The summed E-state index contributed by atoms with van der Waals surface area (Å²) in [5.41, 5.74) is 4.78. The van der Waals surface area contributed by atoms with E-state index in [1.54, 1.807) is 30.3 Å². The van der Waals surface area contributed by atoms with Crippen molar-refractivity contribution >= 4 is 5.57 Å². The molecule has 3 aromatic rings. The van der Waals surface area contributed by atoms with Crippen LogP contribution in [0.15, 0.2) is 72.8 Å². The van der Waals surface area contributed by atoms with Gasteiger partial charge in [-0.2, -0.15) is 0 Å². The molecule has 1 fully saturated rings. The van der Waals surface area contributed by atoms with Gasteiger partial charge < -0.3 is 0 Å². The number of aryl methyl sites for hydroxylation is 1. The molecule has 0 N–H and O–H groups in total. The van der Waals surface area contributed by atoms with Gasteiger partial charge in [-0.1, -0.05) is 99.4 Å². The van der Waals surface area contributed by atoms with Gasteiger partial charge in [-0.3, -0.25) is 0 Å². The first kappa shape index (κ1) is 31.4. The molecule has 3 aromatic carbocycles. The lowest BCUT2D eigenvalue weighted by Crippen LogP contribution is -2.23. The molecule has 1 unspecified atom stereocenters. The van der Waals surface area contributed by atoms with Crippen molar-refractivity contribution in [2.75, 3.05) is 0 Å². The van der Waals surface area contributed by atoms with Crippen LogP contribution in [0.5, 0.6) is 0 Å². The van der Waals surface area contributed by atoms with E-state index in [0.717, 1.165) is 73.0 Å². The third-order valence-corrected chi connectivity index (χ3v) is 10.0. The summed E-state index contributed by atoms with van der Waals surface area (Å²) in [5, 5.41) is 0. The van der Waals surface area contributed by atoms with Crippen molar-refractivity contribution in [2.45, 2.75) is 97.3 Å². The van der Waals surface area contributed by atoms with Crippen LogP contribution in [0.2, 0.25) is 0 Å². The Hall–Kier alpha value is -3.07. The normalized spacial score (nSPS) is 20.9. The van der Waals surface area contributed by atoms with Gasteiger partial charge in [0.1, 0.15) is 5.82 Å². The van der Waals surface area contributed by atoms with Crippen LogP contribution >= 0.6 is 0 Å². The molecular formula is C40H47F3. The van der Waals surface area contributed by atoms with Gasteiger partial charge in [0.15, 0.2) is 11.6 Å². The summed E-state index contributed by atoms with van der Waals surface area (Å²) in [7, 11) is 0. The topological polar surface area (TPSA) is 0 Å². The standard InChI is InChI=1S/C40H47F3/c1-3-5-7-9-28-11-13-29(14-12-28)30-15-19-32(20-16-30)36-25-24-35(27-38(36)41)31-17-21-33(22-18-31)37-26-23-34(10-8-6-4-2)39(42)40(37)43/h3,5,17-19,21-30H,4,6-16,20H2,1-2H3/b5-3+. The lowest BCUT2D eigenvalue weighted by atomic mass is 9.70. The van der Waals surface area contributed by atoms with Gasteiger partial charge in [0.05, 0.1) is 0 Å². The third-order valence-electron chi connectivity index (χ3n) is 10.0. The van der Waals surface area contributed by atoms with Crippen molar-refractivity contribution < 1.29 is 13.2 Å². The Labute approximate surface area is 257 Å². The molecule has 0 aliphatic heterocycles. The van der Waals surface area contributed by atoms with Gasteiger partial charge in [0, 0.05) is 11.1 Å². The molecular weight excluding hydrogens is 537 g/mol. The van der Waals surface area contributed by atoms with E-state index in [1.807, 2.05) is 24.3 Å². The summed E-state index contributed by atoms with van der Waals surface area (Å²) in [6.07, 6.45) is 21.3. The molecule has 0 saturated heterocycles. The fourth-order valence-corrected chi connectivity index (χ4v) is 7.34. The minimum atomic E-state index is -0.798. The lowest BCUT2D eigenvalue weighted by Gasteiger charge is -2.35. The maximum Gasteiger partial charge on any atom is 0.166 e. The number of benzene rings is 3. The SMILES string of the molecule is C/C=C/CCC1CCC(C2CC=C(c3ccc(-c4ccc(-c5ccc(CCCCC)c(F)c5F)cc4)cc3F)CC2)CC1. The summed E-state index contributed by atoms with van der Waals surface area (Å²) in [6.45, 7) is 4.19. The zero-order valence-corrected chi connectivity index (χ0v) is 26.0. The van der Waals surface area contributed by atoms with Gasteiger partial charge >= 0.3 is 0 Å². The molecule has 0 radical (unpaired) electrons. The highest BCUT2D eigenvalue weighted by molar-refractivity contribution is 5.74. The molecule has 0 amide bonds. The Morgan fingerprint density at radius 3 is 2.14 bits per heavy atom. The van der Waals surface area contributed by atoms with Crippen molar-refractivity contribution in [3.8, 4) is 22.3 Å². The Bertz CT molecular complexity index is 1410. The molecule has 2 aliphatic carbocycles.